The number of hydrogen-bond donors (Lipinski definition) is 0. The summed E-state index contributed by atoms with van der Waals surface area (Å²) in [6, 6.07) is 8.42. The number of ketones is 1. The van der Waals surface area contributed by atoms with Gasteiger partial charge < -0.3 is 0 Å². The molecule has 96 valence electrons. The van der Waals surface area contributed by atoms with Gasteiger partial charge in [-0.05, 0) is 61.8 Å². The third kappa shape index (κ3) is 1.81. The fourth-order valence-electron chi connectivity index (χ4n) is 3.86. The number of Topliss-reactive ketones (excluding diaryl/α,β-unsaturated/α-hetero) is 1. The molecule has 0 spiro atoms. The van der Waals surface area contributed by atoms with Gasteiger partial charge >= 0.3 is 0 Å². The summed E-state index contributed by atoms with van der Waals surface area (Å²) in [5.41, 5.74) is 3.36. The van der Waals surface area contributed by atoms with E-state index in [9.17, 15) is 4.79 Å². The molecule has 0 amide bonds. The minimum atomic E-state index is 0.166. The molecule has 3 fully saturated rings. The first-order valence-electron chi connectivity index (χ1n) is 7.15. The molecule has 4 rings (SSSR count). The van der Waals surface area contributed by atoms with Crippen LogP contribution in [0.4, 0.5) is 0 Å². The molecular weight excluding hydrogens is 220 g/mol. The highest BCUT2D eigenvalue weighted by Gasteiger charge is 2.46. The maximum atomic E-state index is 11.3. The monoisotopic (exact) mass is 242 g/mol. The lowest BCUT2D eigenvalue weighted by atomic mass is 9.52. The summed E-state index contributed by atoms with van der Waals surface area (Å²) in [6.07, 6.45) is 8.14. The van der Waals surface area contributed by atoms with Crippen molar-refractivity contribution in [3.05, 3.63) is 35.4 Å². The minimum absolute atomic E-state index is 0.166. The third-order valence-corrected chi connectivity index (χ3v) is 5.53. The first kappa shape index (κ1) is 12.0. The topological polar surface area (TPSA) is 17.1 Å². The van der Waals surface area contributed by atoms with Gasteiger partial charge in [0.25, 0.3) is 0 Å². The van der Waals surface area contributed by atoms with Crippen molar-refractivity contribution in [2.24, 2.45) is 5.41 Å². The quantitative estimate of drug-likeness (QED) is 0.698. The molecule has 3 aliphatic rings. The zero-order valence-corrected chi connectivity index (χ0v) is 11.5. The summed E-state index contributed by atoms with van der Waals surface area (Å²) >= 11 is 0. The predicted molar refractivity (Wildman–Crippen MR) is 73.9 cm³/mol. The van der Waals surface area contributed by atoms with Crippen molar-refractivity contribution in [2.45, 2.75) is 57.8 Å². The molecule has 0 atom stereocenters. The van der Waals surface area contributed by atoms with Crippen LogP contribution in [0.2, 0.25) is 0 Å². The van der Waals surface area contributed by atoms with Gasteiger partial charge in [0.2, 0.25) is 0 Å². The van der Waals surface area contributed by atoms with Crippen molar-refractivity contribution >= 4 is 5.78 Å². The Labute approximate surface area is 110 Å². The number of carbonyl (C=O) groups excluding carboxylic acids is 1. The van der Waals surface area contributed by atoms with Gasteiger partial charge in [-0.3, -0.25) is 4.79 Å². The van der Waals surface area contributed by atoms with Crippen molar-refractivity contribution in [1.82, 2.24) is 0 Å². The SMILES string of the molecule is CC(=O)c1ccc(C23CCC(C)(CC2)CC3)cc1. The number of benzene rings is 1. The largest absolute Gasteiger partial charge is 0.295 e. The van der Waals surface area contributed by atoms with Crippen molar-refractivity contribution in [2.75, 3.05) is 0 Å². The fourth-order valence-corrected chi connectivity index (χ4v) is 3.86. The molecule has 1 nitrogen and oxygen atoms in total. The van der Waals surface area contributed by atoms with Gasteiger partial charge in [0, 0.05) is 5.56 Å². The second-order valence-corrected chi connectivity index (χ2v) is 6.72. The van der Waals surface area contributed by atoms with Crippen LogP contribution in [0.15, 0.2) is 24.3 Å². The molecule has 0 heterocycles. The highest BCUT2D eigenvalue weighted by molar-refractivity contribution is 5.94. The number of carbonyl (C=O) groups is 1. The molecule has 0 aromatic heterocycles. The standard InChI is InChI=1S/C17H22O/c1-13(18)14-3-5-15(6-4-14)17-10-7-16(2,8-11-17)9-12-17/h3-6H,7-12H2,1-2H3. The highest BCUT2D eigenvalue weighted by atomic mass is 16.1. The Morgan fingerprint density at radius 3 is 1.89 bits per heavy atom. The van der Waals surface area contributed by atoms with Gasteiger partial charge in [0.05, 0.1) is 0 Å². The molecule has 2 bridgehead atoms. The fraction of sp³-hybridized carbons (Fsp3) is 0.588. The van der Waals surface area contributed by atoms with Crippen LogP contribution < -0.4 is 0 Å². The predicted octanol–water partition coefficient (Wildman–Crippen LogP) is 4.50. The number of fused-ring (bicyclic) bond motifs is 3. The molecule has 3 aliphatic carbocycles. The maximum Gasteiger partial charge on any atom is 0.159 e. The summed E-state index contributed by atoms with van der Waals surface area (Å²) in [5, 5.41) is 0. The summed E-state index contributed by atoms with van der Waals surface area (Å²) in [4.78, 5) is 11.3. The first-order valence-corrected chi connectivity index (χ1v) is 7.15. The van der Waals surface area contributed by atoms with Gasteiger partial charge in [0.15, 0.2) is 5.78 Å². The summed E-state index contributed by atoms with van der Waals surface area (Å²) in [7, 11) is 0. The normalized spacial score (nSPS) is 34.6. The van der Waals surface area contributed by atoms with Crippen LogP contribution in [0.5, 0.6) is 0 Å². The zero-order valence-electron chi connectivity index (χ0n) is 11.5. The van der Waals surface area contributed by atoms with Crippen LogP contribution in [-0.4, -0.2) is 5.78 Å². The molecule has 0 aliphatic heterocycles. The molecule has 0 radical (unpaired) electrons. The average Bonchev–Trinajstić information content (AvgIpc) is 2.40. The Bertz CT molecular complexity index is 444. The highest BCUT2D eigenvalue weighted by Crippen LogP contribution is 2.57. The van der Waals surface area contributed by atoms with Crippen molar-refractivity contribution in [1.29, 1.82) is 0 Å². The number of rotatable bonds is 2. The molecule has 0 N–H and O–H groups in total. The van der Waals surface area contributed by atoms with E-state index in [-0.39, 0.29) is 5.78 Å². The smallest absolute Gasteiger partial charge is 0.159 e. The summed E-state index contributed by atoms with van der Waals surface area (Å²) in [6.45, 7) is 4.09. The second-order valence-electron chi connectivity index (χ2n) is 6.72. The van der Waals surface area contributed by atoms with Crippen LogP contribution in [-0.2, 0) is 5.41 Å². The lowest BCUT2D eigenvalue weighted by Gasteiger charge is -2.52. The van der Waals surface area contributed by atoms with Crippen LogP contribution in [0, 0.1) is 5.41 Å². The van der Waals surface area contributed by atoms with E-state index in [0.717, 1.165) is 5.56 Å². The van der Waals surface area contributed by atoms with Crippen molar-refractivity contribution in [3.63, 3.8) is 0 Å². The molecule has 1 heteroatoms. The minimum Gasteiger partial charge on any atom is -0.295 e. The van der Waals surface area contributed by atoms with E-state index in [1.807, 2.05) is 12.1 Å². The van der Waals surface area contributed by atoms with E-state index in [1.165, 1.54) is 44.1 Å². The Hall–Kier alpha value is -1.11. The van der Waals surface area contributed by atoms with Gasteiger partial charge in [-0.2, -0.15) is 0 Å². The Balaban J connectivity index is 1.88. The van der Waals surface area contributed by atoms with Gasteiger partial charge in [-0.25, -0.2) is 0 Å². The zero-order chi connectivity index (χ0) is 12.8. The second kappa shape index (κ2) is 3.94. The number of hydrogen-bond acceptors (Lipinski definition) is 1. The maximum absolute atomic E-state index is 11.3. The lowest BCUT2D eigenvalue weighted by Crippen LogP contribution is -2.42. The van der Waals surface area contributed by atoms with Crippen LogP contribution in [0.1, 0.15) is 68.3 Å². The Morgan fingerprint density at radius 1 is 0.944 bits per heavy atom. The molecular formula is C17H22O. The van der Waals surface area contributed by atoms with E-state index < -0.39 is 0 Å². The van der Waals surface area contributed by atoms with Gasteiger partial charge in [0.1, 0.15) is 0 Å². The van der Waals surface area contributed by atoms with Crippen molar-refractivity contribution < 1.29 is 4.79 Å². The first-order chi connectivity index (χ1) is 8.53. The summed E-state index contributed by atoms with van der Waals surface area (Å²) in [5.74, 6) is 0.166. The lowest BCUT2D eigenvalue weighted by molar-refractivity contribution is 0.0556. The molecule has 1 aromatic carbocycles. The van der Waals surface area contributed by atoms with E-state index in [2.05, 4.69) is 19.1 Å². The third-order valence-electron chi connectivity index (χ3n) is 5.53. The van der Waals surface area contributed by atoms with E-state index in [1.54, 1.807) is 6.92 Å². The molecule has 18 heavy (non-hydrogen) atoms. The van der Waals surface area contributed by atoms with Crippen LogP contribution in [0.3, 0.4) is 0 Å². The molecule has 0 unspecified atom stereocenters. The van der Waals surface area contributed by atoms with Crippen molar-refractivity contribution in [3.8, 4) is 0 Å². The molecule has 3 saturated carbocycles. The van der Waals surface area contributed by atoms with Gasteiger partial charge in [-0.15, -0.1) is 0 Å². The summed E-state index contributed by atoms with van der Waals surface area (Å²) < 4.78 is 0. The van der Waals surface area contributed by atoms with E-state index in [4.69, 9.17) is 0 Å². The van der Waals surface area contributed by atoms with E-state index in [0.29, 0.717) is 10.8 Å². The van der Waals surface area contributed by atoms with Gasteiger partial charge in [-0.1, -0.05) is 31.2 Å². The molecule has 1 aromatic rings. The van der Waals surface area contributed by atoms with Crippen LogP contribution in [0.25, 0.3) is 0 Å². The van der Waals surface area contributed by atoms with Crippen LogP contribution >= 0.6 is 0 Å². The molecule has 0 saturated heterocycles. The average molecular weight is 242 g/mol. The van der Waals surface area contributed by atoms with E-state index >= 15 is 0 Å². The Kier molecular flexibility index (Phi) is 2.62. The Morgan fingerprint density at radius 2 is 1.44 bits per heavy atom.